The van der Waals surface area contributed by atoms with E-state index in [1.807, 2.05) is 48.5 Å². The molecule has 3 aromatic carbocycles. The lowest BCUT2D eigenvalue weighted by Crippen LogP contribution is -2.20. The smallest absolute Gasteiger partial charge is 0.262 e. The van der Waals surface area contributed by atoms with Gasteiger partial charge in [0, 0.05) is 22.3 Å². The molecule has 0 aliphatic heterocycles. The van der Waals surface area contributed by atoms with E-state index >= 15 is 0 Å². The minimum atomic E-state index is -0.304. The Morgan fingerprint density at radius 3 is 1.87 bits per heavy atom. The predicted molar refractivity (Wildman–Crippen MR) is 120 cm³/mol. The zero-order valence-corrected chi connectivity index (χ0v) is 18.5. The van der Waals surface area contributed by atoms with Crippen LogP contribution in [-0.2, 0) is 4.79 Å². The average molecular weight is 472 g/mol. The molecular formula is C23H22BrNO5. The molecule has 0 aliphatic carbocycles. The van der Waals surface area contributed by atoms with Gasteiger partial charge in [0.25, 0.3) is 5.91 Å². The van der Waals surface area contributed by atoms with Crippen molar-refractivity contribution < 1.29 is 23.7 Å². The molecule has 0 atom stereocenters. The van der Waals surface area contributed by atoms with Crippen LogP contribution in [0.1, 0.15) is 0 Å². The standard InChI is InChI=1S/C23H22BrNO5/c1-27-20-12-18(13-21(28-2)23(20)29-3)25-22(26)14-30-19-10-6-16(7-11-19)15-4-8-17(24)9-5-15/h4-13H,14H2,1-3H3,(H,25,26). The first kappa shape index (κ1) is 21.5. The lowest BCUT2D eigenvalue weighted by molar-refractivity contribution is -0.118. The maximum absolute atomic E-state index is 12.3. The molecule has 0 unspecified atom stereocenters. The first-order valence-electron chi connectivity index (χ1n) is 9.12. The minimum Gasteiger partial charge on any atom is -0.493 e. The van der Waals surface area contributed by atoms with Crippen LogP contribution < -0.4 is 24.3 Å². The van der Waals surface area contributed by atoms with Crippen LogP contribution in [0.5, 0.6) is 23.0 Å². The summed E-state index contributed by atoms with van der Waals surface area (Å²) in [5.41, 5.74) is 2.69. The largest absolute Gasteiger partial charge is 0.493 e. The number of benzene rings is 3. The molecule has 1 N–H and O–H groups in total. The number of carbonyl (C=O) groups is 1. The molecule has 0 saturated heterocycles. The van der Waals surface area contributed by atoms with Crippen LogP contribution in [0.4, 0.5) is 5.69 Å². The van der Waals surface area contributed by atoms with Gasteiger partial charge in [-0.05, 0) is 35.4 Å². The summed E-state index contributed by atoms with van der Waals surface area (Å²) in [7, 11) is 4.56. The van der Waals surface area contributed by atoms with Gasteiger partial charge in [-0.3, -0.25) is 4.79 Å². The third-order valence-corrected chi connectivity index (χ3v) is 4.88. The molecule has 0 aliphatic rings. The Balaban J connectivity index is 1.61. The Morgan fingerprint density at radius 2 is 1.37 bits per heavy atom. The molecule has 0 saturated carbocycles. The van der Waals surface area contributed by atoms with Crippen molar-refractivity contribution in [1.82, 2.24) is 0 Å². The minimum absolute atomic E-state index is 0.131. The fourth-order valence-electron chi connectivity index (χ4n) is 2.89. The number of amides is 1. The molecule has 6 nitrogen and oxygen atoms in total. The number of methoxy groups -OCH3 is 3. The summed E-state index contributed by atoms with van der Waals surface area (Å²) in [5.74, 6) is 1.67. The molecule has 0 aromatic heterocycles. The highest BCUT2D eigenvalue weighted by atomic mass is 79.9. The van der Waals surface area contributed by atoms with Crippen molar-refractivity contribution in [3.05, 3.63) is 65.1 Å². The Bertz CT molecular complexity index is 978. The van der Waals surface area contributed by atoms with Gasteiger partial charge in [-0.15, -0.1) is 0 Å². The Kier molecular flexibility index (Phi) is 7.19. The van der Waals surface area contributed by atoms with Crippen LogP contribution in [-0.4, -0.2) is 33.8 Å². The van der Waals surface area contributed by atoms with Crippen molar-refractivity contribution in [3.63, 3.8) is 0 Å². The molecular weight excluding hydrogens is 450 g/mol. The SMILES string of the molecule is COc1cc(NC(=O)COc2ccc(-c3ccc(Br)cc3)cc2)cc(OC)c1OC. The van der Waals surface area contributed by atoms with Gasteiger partial charge in [0.1, 0.15) is 5.75 Å². The molecule has 0 fully saturated rings. The van der Waals surface area contributed by atoms with E-state index in [0.717, 1.165) is 15.6 Å². The van der Waals surface area contributed by atoms with Crippen LogP contribution in [0.15, 0.2) is 65.1 Å². The molecule has 0 radical (unpaired) electrons. The molecule has 1 amide bonds. The van der Waals surface area contributed by atoms with E-state index in [1.54, 1.807) is 12.1 Å². The van der Waals surface area contributed by atoms with Crippen LogP contribution in [0, 0.1) is 0 Å². The number of nitrogens with one attached hydrogen (secondary N) is 1. The van der Waals surface area contributed by atoms with Crippen LogP contribution in [0.25, 0.3) is 11.1 Å². The van der Waals surface area contributed by atoms with Gasteiger partial charge in [0.2, 0.25) is 5.75 Å². The number of hydrogen-bond donors (Lipinski definition) is 1. The number of rotatable bonds is 8. The Hall–Kier alpha value is -3.19. The molecule has 30 heavy (non-hydrogen) atoms. The average Bonchev–Trinajstić information content (AvgIpc) is 2.78. The Morgan fingerprint density at radius 1 is 0.833 bits per heavy atom. The lowest BCUT2D eigenvalue weighted by Gasteiger charge is -2.14. The first-order chi connectivity index (χ1) is 14.5. The van der Waals surface area contributed by atoms with Gasteiger partial charge in [-0.1, -0.05) is 40.2 Å². The second kappa shape index (κ2) is 10.0. The van der Waals surface area contributed by atoms with Crippen LogP contribution in [0.2, 0.25) is 0 Å². The maximum atomic E-state index is 12.3. The highest BCUT2D eigenvalue weighted by molar-refractivity contribution is 9.10. The second-order valence-corrected chi connectivity index (χ2v) is 7.20. The van der Waals surface area contributed by atoms with E-state index in [-0.39, 0.29) is 12.5 Å². The summed E-state index contributed by atoms with van der Waals surface area (Å²) in [5, 5.41) is 2.77. The number of anilines is 1. The van der Waals surface area contributed by atoms with E-state index in [1.165, 1.54) is 21.3 Å². The highest BCUT2D eigenvalue weighted by Crippen LogP contribution is 2.39. The predicted octanol–water partition coefficient (Wildman–Crippen LogP) is 5.16. The van der Waals surface area contributed by atoms with E-state index in [4.69, 9.17) is 18.9 Å². The van der Waals surface area contributed by atoms with Gasteiger partial charge in [0.05, 0.1) is 21.3 Å². The summed E-state index contributed by atoms with van der Waals surface area (Å²) < 4.78 is 22.5. The van der Waals surface area contributed by atoms with Crippen LogP contribution >= 0.6 is 15.9 Å². The van der Waals surface area contributed by atoms with Crippen molar-refractivity contribution in [2.75, 3.05) is 33.3 Å². The van der Waals surface area contributed by atoms with E-state index < -0.39 is 0 Å². The highest BCUT2D eigenvalue weighted by Gasteiger charge is 2.14. The van der Waals surface area contributed by atoms with E-state index in [9.17, 15) is 4.79 Å². The molecule has 3 aromatic rings. The molecule has 156 valence electrons. The van der Waals surface area contributed by atoms with E-state index in [0.29, 0.717) is 28.7 Å². The summed E-state index contributed by atoms with van der Waals surface area (Å²) in [6.07, 6.45) is 0. The second-order valence-electron chi connectivity index (χ2n) is 6.28. The van der Waals surface area contributed by atoms with Gasteiger partial charge in [-0.2, -0.15) is 0 Å². The first-order valence-corrected chi connectivity index (χ1v) is 9.92. The van der Waals surface area contributed by atoms with Crippen molar-refractivity contribution in [1.29, 1.82) is 0 Å². The number of carbonyl (C=O) groups excluding carboxylic acids is 1. The topological polar surface area (TPSA) is 66.0 Å². The molecule has 0 bridgehead atoms. The number of halogens is 1. The normalized spacial score (nSPS) is 10.3. The monoisotopic (exact) mass is 471 g/mol. The van der Waals surface area contributed by atoms with Gasteiger partial charge in [-0.25, -0.2) is 0 Å². The summed E-state index contributed by atoms with van der Waals surface area (Å²) in [6.45, 7) is -0.131. The lowest BCUT2D eigenvalue weighted by atomic mass is 10.1. The summed E-state index contributed by atoms with van der Waals surface area (Å²) in [6, 6.07) is 19.0. The fraction of sp³-hybridized carbons (Fsp3) is 0.174. The van der Waals surface area contributed by atoms with Gasteiger partial charge in [0.15, 0.2) is 18.1 Å². The van der Waals surface area contributed by atoms with E-state index in [2.05, 4.69) is 21.2 Å². The van der Waals surface area contributed by atoms with Crippen LogP contribution in [0.3, 0.4) is 0 Å². The zero-order valence-electron chi connectivity index (χ0n) is 16.9. The molecule has 7 heteroatoms. The third kappa shape index (κ3) is 5.24. The quantitative estimate of drug-likeness (QED) is 0.491. The summed E-state index contributed by atoms with van der Waals surface area (Å²) in [4.78, 5) is 12.3. The molecule has 0 heterocycles. The zero-order chi connectivity index (χ0) is 21.5. The molecule has 3 rings (SSSR count). The number of ether oxygens (including phenoxy) is 4. The van der Waals surface area contributed by atoms with Crippen molar-refractivity contribution in [3.8, 4) is 34.1 Å². The van der Waals surface area contributed by atoms with Crippen molar-refractivity contribution in [2.45, 2.75) is 0 Å². The third-order valence-electron chi connectivity index (χ3n) is 4.35. The Labute approximate surface area is 183 Å². The van der Waals surface area contributed by atoms with Gasteiger partial charge >= 0.3 is 0 Å². The fourth-order valence-corrected chi connectivity index (χ4v) is 3.15. The summed E-state index contributed by atoms with van der Waals surface area (Å²) >= 11 is 3.43. The molecule has 0 spiro atoms. The maximum Gasteiger partial charge on any atom is 0.262 e. The van der Waals surface area contributed by atoms with Gasteiger partial charge < -0.3 is 24.3 Å². The van der Waals surface area contributed by atoms with Crippen molar-refractivity contribution in [2.24, 2.45) is 0 Å². The van der Waals surface area contributed by atoms with Crippen molar-refractivity contribution >= 4 is 27.5 Å². The number of hydrogen-bond acceptors (Lipinski definition) is 5.